The number of hydrogen-bond donors (Lipinski definition) is 3. The Balaban J connectivity index is 0.00000420. The predicted molar refractivity (Wildman–Crippen MR) is 116 cm³/mol. The summed E-state index contributed by atoms with van der Waals surface area (Å²) in [5, 5.41) is 8.99. The maximum absolute atomic E-state index is 12.1. The summed E-state index contributed by atoms with van der Waals surface area (Å²) >= 11 is 0. The Kier molecular flexibility index (Phi) is 9.28. The number of amides is 1. The molecular formula is C18H27ClN6O3S. The van der Waals surface area contributed by atoms with E-state index in [1.807, 2.05) is 6.92 Å². The number of benzene rings is 1. The summed E-state index contributed by atoms with van der Waals surface area (Å²) in [6.07, 6.45) is 2.50. The molecule has 11 heteroatoms. The first-order chi connectivity index (χ1) is 13.2. The monoisotopic (exact) mass is 442 g/mol. The maximum atomic E-state index is 12.1. The van der Waals surface area contributed by atoms with Crippen LogP contribution in [0, 0.1) is 0 Å². The molecule has 0 radical (unpaired) electrons. The fourth-order valence-electron chi connectivity index (χ4n) is 2.35. The predicted octanol–water partition coefficient (Wildman–Crippen LogP) is 2.00. The van der Waals surface area contributed by atoms with Gasteiger partial charge in [-0.25, -0.2) is 17.7 Å². The van der Waals surface area contributed by atoms with Gasteiger partial charge in [0.15, 0.2) is 0 Å². The fourth-order valence-corrected chi connectivity index (χ4v) is 3.25. The summed E-state index contributed by atoms with van der Waals surface area (Å²) in [4.78, 5) is 19.9. The van der Waals surface area contributed by atoms with Crippen LogP contribution in [0.5, 0.6) is 0 Å². The third-order valence-corrected chi connectivity index (χ3v) is 5.76. The van der Waals surface area contributed by atoms with Gasteiger partial charge in [0, 0.05) is 51.6 Å². The van der Waals surface area contributed by atoms with E-state index in [2.05, 4.69) is 25.9 Å². The topological polar surface area (TPSA) is 116 Å². The third-order valence-electron chi connectivity index (χ3n) is 3.93. The van der Waals surface area contributed by atoms with Gasteiger partial charge in [0.25, 0.3) is 0 Å². The lowest BCUT2D eigenvalue weighted by molar-refractivity contribution is -0.118. The lowest BCUT2D eigenvalue weighted by atomic mass is 10.2. The maximum Gasteiger partial charge on any atom is 0.242 e. The number of halogens is 1. The van der Waals surface area contributed by atoms with Crippen LogP contribution in [-0.2, 0) is 21.2 Å². The van der Waals surface area contributed by atoms with Crippen LogP contribution in [0.25, 0.3) is 0 Å². The Labute approximate surface area is 177 Å². The number of hydrogen-bond acceptors (Lipinski definition) is 7. The molecule has 29 heavy (non-hydrogen) atoms. The molecule has 0 spiro atoms. The van der Waals surface area contributed by atoms with E-state index in [0.717, 1.165) is 12.0 Å². The molecule has 0 fully saturated rings. The second kappa shape index (κ2) is 10.9. The van der Waals surface area contributed by atoms with Gasteiger partial charge in [-0.05, 0) is 30.7 Å². The highest BCUT2D eigenvalue weighted by atomic mass is 35.5. The number of carbonyl (C=O) groups is 1. The number of anilines is 3. The molecule has 160 valence electrons. The van der Waals surface area contributed by atoms with Gasteiger partial charge >= 0.3 is 0 Å². The zero-order valence-corrected chi connectivity index (χ0v) is 18.5. The van der Waals surface area contributed by atoms with Crippen LogP contribution in [-0.4, -0.2) is 55.8 Å². The van der Waals surface area contributed by atoms with Crippen molar-refractivity contribution in [2.45, 2.75) is 25.2 Å². The van der Waals surface area contributed by atoms with Crippen LogP contribution < -0.4 is 16.0 Å². The first kappa shape index (κ1) is 24.6. The molecule has 0 bridgehead atoms. The lowest BCUT2D eigenvalue weighted by Crippen LogP contribution is -2.26. The van der Waals surface area contributed by atoms with Gasteiger partial charge in [0.05, 0.1) is 4.90 Å². The molecule has 1 aromatic heterocycles. The van der Waals surface area contributed by atoms with Crippen LogP contribution in [0.15, 0.2) is 35.4 Å². The van der Waals surface area contributed by atoms with Crippen molar-refractivity contribution in [2.24, 2.45) is 0 Å². The van der Waals surface area contributed by atoms with Crippen LogP contribution in [0.2, 0.25) is 0 Å². The van der Waals surface area contributed by atoms with Crippen molar-refractivity contribution in [3.8, 4) is 0 Å². The Morgan fingerprint density at radius 3 is 2.34 bits per heavy atom. The number of aryl methyl sites for hydroxylation is 1. The summed E-state index contributed by atoms with van der Waals surface area (Å²) in [6.45, 7) is 4.52. The minimum absolute atomic E-state index is 0. The van der Waals surface area contributed by atoms with Gasteiger partial charge in [-0.3, -0.25) is 4.79 Å². The summed E-state index contributed by atoms with van der Waals surface area (Å²) in [5.74, 6) is 1.00. The molecule has 3 N–H and O–H groups in total. The molecular weight excluding hydrogens is 416 g/mol. The smallest absolute Gasteiger partial charge is 0.242 e. The number of aromatic nitrogens is 2. The van der Waals surface area contributed by atoms with E-state index >= 15 is 0 Å². The summed E-state index contributed by atoms with van der Waals surface area (Å²) in [5.41, 5.74) is 1.63. The van der Waals surface area contributed by atoms with Gasteiger partial charge in [-0.15, -0.1) is 12.4 Å². The molecule has 0 saturated heterocycles. The third kappa shape index (κ3) is 6.84. The Bertz CT molecular complexity index is 920. The molecule has 9 nitrogen and oxygen atoms in total. The van der Waals surface area contributed by atoms with Gasteiger partial charge in [-0.1, -0.05) is 6.92 Å². The molecule has 0 atom stereocenters. The second-order valence-electron chi connectivity index (χ2n) is 6.27. The highest BCUT2D eigenvalue weighted by Crippen LogP contribution is 2.20. The van der Waals surface area contributed by atoms with E-state index < -0.39 is 10.0 Å². The van der Waals surface area contributed by atoms with Crippen molar-refractivity contribution >= 4 is 45.8 Å². The highest BCUT2D eigenvalue weighted by Gasteiger charge is 2.16. The van der Waals surface area contributed by atoms with Crippen LogP contribution in [0.1, 0.15) is 19.4 Å². The van der Waals surface area contributed by atoms with E-state index in [4.69, 9.17) is 0 Å². The first-order valence-corrected chi connectivity index (χ1v) is 10.3. The van der Waals surface area contributed by atoms with Crippen LogP contribution in [0.4, 0.5) is 17.5 Å². The zero-order chi connectivity index (χ0) is 20.7. The Morgan fingerprint density at radius 2 is 1.79 bits per heavy atom. The minimum atomic E-state index is -3.47. The second-order valence-corrected chi connectivity index (χ2v) is 8.42. The normalized spacial score (nSPS) is 10.9. The SMILES string of the molecule is CCc1cnc(Nc2ccc(S(=O)(=O)N(C)C)cc2)nc1NCCNC(C)=O.Cl. The summed E-state index contributed by atoms with van der Waals surface area (Å²) < 4.78 is 25.4. The number of nitrogens with one attached hydrogen (secondary N) is 3. The number of carbonyl (C=O) groups excluding carboxylic acids is 1. The molecule has 0 saturated carbocycles. The average Bonchev–Trinajstić information content (AvgIpc) is 2.65. The van der Waals surface area contributed by atoms with Gasteiger partial charge in [0.2, 0.25) is 21.9 Å². The van der Waals surface area contributed by atoms with E-state index in [1.165, 1.54) is 37.5 Å². The Hall–Kier alpha value is -2.43. The van der Waals surface area contributed by atoms with Crippen molar-refractivity contribution in [1.82, 2.24) is 19.6 Å². The van der Waals surface area contributed by atoms with Gasteiger partial charge in [0.1, 0.15) is 5.82 Å². The lowest BCUT2D eigenvalue weighted by Gasteiger charge is -2.13. The van der Waals surface area contributed by atoms with Crippen LogP contribution >= 0.6 is 12.4 Å². The van der Waals surface area contributed by atoms with E-state index in [-0.39, 0.29) is 23.2 Å². The highest BCUT2D eigenvalue weighted by molar-refractivity contribution is 7.89. The molecule has 2 aromatic rings. The molecule has 2 rings (SSSR count). The van der Waals surface area contributed by atoms with Gasteiger partial charge < -0.3 is 16.0 Å². The fraction of sp³-hybridized carbons (Fsp3) is 0.389. The van der Waals surface area contributed by atoms with Crippen molar-refractivity contribution in [3.05, 3.63) is 36.0 Å². The van der Waals surface area contributed by atoms with E-state index in [1.54, 1.807) is 18.3 Å². The molecule has 0 aliphatic carbocycles. The van der Waals surface area contributed by atoms with Crippen molar-refractivity contribution in [1.29, 1.82) is 0 Å². The van der Waals surface area contributed by atoms with Crippen molar-refractivity contribution in [2.75, 3.05) is 37.8 Å². The Morgan fingerprint density at radius 1 is 1.14 bits per heavy atom. The minimum Gasteiger partial charge on any atom is -0.368 e. The average molecular weight is 443 g/mol. The molecule has 0 aliphatic heterocycles. The zero-order valence-electron chi connectivity index (χ0n) is 16.9. The van der Waals surface area contributed by atoms with Gasteiger partial charge in [-0.2, -0.15) is 4.98 Å². The quantitative estimate of drug-likeness (QED) is 0.508. The summed E-state index contributed by atoms with van der Waals surface area (Å²) in [7, 11) is -0.485. The molecule has 1 amide bonds. The molecule has 0 unspecified atom stereocenters. The van der Waals surface area contributed by atoms with E-state index in [0.29, 0.717) is 30.5 Å². The van der Waals surface area contributed by atoms with E-state index in [9.17, 15) is 13.2 Å². The number of nitrogens with zero attached hydrogens (tertiary/aromatic N) is 3. The first-order valence-electron chi connectivity index (χ1n) is 8.88. The summed E-state index contributed by atoms with van der Waals surface area (Å²) in [6, 6.07) is 6.39. The standard InChI is InChI=1S/C18H26N6O3S.ClH/c1-5-14-12-21-18(23-17(14)20-11-10-19-13(2)25)22-15-6-8-16(9-7-15)28(26,27)24(3)4;/h6-9,12H,5,10-11H2,1-4H3,(H,19,25)(H2,20,21,22,23);1H. The number of rotatable bonds is 9. The van der Waals surface area contributed by atoms with Crippen molar-refractivity contribution < 1.29 is 13.2 Å². The van der Waals surface area contributed by atoms with Crippen LogP contribution in [0.3, 0.4) is 0 Å². The van der Waals surface area contributed by atoms with Crippen molar-refractivity contribution in [3.63, 3.8) is 0 Å². The molecule has 0 aliphatic rings. The molecule has 1 aromatic carbocycles. The largest absolute Gasteiger partial charge is 0.368 e. The number of sulfonamides is 1. The molecule has 1 heterocycles.